The van der Waals surface area contributed by atoms with E-state index in [1.54, 1.807) is 12.1 Å². The van der Waals surface area contributed by atoms with Crippen molar-refractivity contribution >= 4 is 29.0 Å². The highest BCUT2D eigenvalue weighted by Gasteiger charge is 2.16. The van der Waals surface area contributed by atoms with E-state index in [-0.39, 0.29) is 28.6 Å². The van der Waals surface area contributed by atoms with E-state index in [9.17, 15) is 14.9 Å². The molecule has 3 N–H and O–H groups in total. The van der Waals surface area contributed by atoms with E-state index < -0.39 is 4.92 Å². The van der Waals surface area contributed by atoms with Crippen molar-refractivity contribution in [1.29, 1.82) is 0 Å². The van der Waals surface area contributed by atoms with Gasteiger partial charge in [0.2, 0.25) is 5.91 Å². The summed E-state index contributed by atoms with van der Waals surface area (Å²) in [7, 11) is 0. The van der Waals surface area contributed by atoms with Crippen molar-refractivity contribution in [2.45, 2.75) is 19.4 Å². The third-order valence-corrected chi connectivity index (χ3v) is 3.50. The monoisotopic (exact) mass is 283 g/mol. The number of hydrogen-bond acceptors (Lipinski definition) is 5. The number of carbonyl (C=O) groups is 1. The summed E-state index contributed by atoms with van der Waals surface area (Å²) < 4.78 is 0. The summed E-state index contributed by atoms with van der Waals surface area (Å²) in [5.41, 5.74) is 5.55. The highest BCUT2D eigenvalue weighted by molar-refractivity contribution is 8.00. The second-order valence-corrected chi connectivity index (χ2v) is 5.79. The van der Waals surface area contributed by atoms with Crippen LogP contribution in [0.2, 0.25) is 0 Å². The SMILES string of the molecule is CC(C)(N)CSCC(=O)Nc1ccccc1[N+](=O)[O-]. The normalized spacial score (nSPS) is 11.1. The molecule has 0 bridgehead atoms. The van der Waals surface area contributed by atoms with E-state index in [2.05, 4.69) is 5.32 Å². The predicted octanol–water partition coefficient (Wildman–Crippen LogP) is 2.00. The largest absolute Gasteiger partial charge is 0.325 e. The summed E-state index contributed by atoms with van der Waals surface area (Å²) in [5.74, 6) is 0.577. The second kappa shape index (κ2) is 6.53. The number of carbonyl (C=O) groups excluding carboxylic acids is 1. The molecule has 0 aliphatic heterocycles. The van der Waals surface area contributed by atoms with E-state index in [0.717, 1.165) is 0 Å². The summed E-state index contributed by atoms with van der Waals surface area (Å²) in [6.45, 7) is 3.75. The van der Waals surface area contributed by atoms with Crippen LogP contribution in [0.25, 0.3) is 0 Å². The molecule has 0 atom stereocenters. The molecule has 1 aromatic carbocycles. The van der Waals surface area contributed by atoms with Crippen LogP contribution in [-0.2, 0) is 4.79 Å². The van der Waals surface area contributed by atoms with Crippen molar-refractivity contribution < 1.29 is 9.72 Å². The first-order valence-electron chi connectivity index (χ1n) is 5.69. The Morgan fingerprint density at radius 1 is 1.47 bits per heavy atom. The Morgan fingerprint density at radius 3 is 2.68 bits per heavy atom. The van der Waals surface area contributed by atoms with Gasteiger partial charge < -0.3 is 11.1 Å². The van der Waals surface area contributed by atoms with Crippen molar-refractivity contribution in [2.24, 2.45) is 5.73 Å². The molecule has 0 spiro atoms. The molecule has 0 unspecified atom stereocenters. The fraction of sp³-hybridized carbons (Fsp3) is 0.417. The third-order valence-electron chi connectivity index (χ3n) is 2.08. The number of para-hydroxylation sites is 2. The standard InChI is InChI=1S/C12H17N3O3S/c1-12(2,13)8-19-7-11(16)14-9-5-3-4-6-10(9)15(17)18/h3-6H,7-8,13H2,1-2H3,(H,14,16). The molecule has 0 radical (unpaired) electrons. The van der Waals surface area contributed by atoms with Gasteiger partial charge in [-0.15, -0.1) is 0 Å². The van der Waals surface area contributed by atoms with Crippen molar-refractivity contribution in [1.82, 2.24) is 0 Å². The fourth-order valence-electron chi connectivity index (χ4n) is 1.33. The molecule has 0 fully saturated rings. The lowest BCUT2D eigenvalue weighted by Crippen LogP contribution is -2.35. The molecule has 0 aliphatic rings. The van der Waals surface area contributed by atoms with Gasteiger partial charge in [0.25, 0.3) is 5.69 Å². The van der Waals surface area contributed by atoms with Crippen LogP contribution in [0, 0.1) is 10.1 Å². The van der Waals surface area contributed by atoms with Gasteiger partial charge >= 0.3 is 0 Å². The number of anilines is 1. The number of nitrogens with two attached hydrogens (primary N) is 1. The minimum atomic E-state index is -0.522. The van der Waals surface area contributed by atoms with Gasteiger partial charge in [-0.05, 0) is 19.9 Å². The molecule has 7 heteroatoms. The quantitative estimate of drug-likeness (QED) is 0.614. The van der Waals surface area contributed by atoms with Crippen molar-refractivity contribution in [2.75, 3.05) is 16.8 Å². The first-order chi connectivity index (χ1) is 8.79. The zero-order chi connectivity index (χ0) is 14.5. The minimum absolute atomic E-state index is 0.111. The minimum Gasteiger partial charge on any atom is -0.325 e. The fourth-order valence-corrected chi connectivity index (χ4v) is 2.22. The first kappa shape index (κ1) is 15.5. The average molecular weight is 283 g/mol. The Morgan fingerprint density at radius 2 is 2.11 bits per heavy atom. The lowest BCUT2D eigenvalue weighted by Gasteiger charge is -2.17. The molecule has 6 nitrogen and oxygen atoms in total. The molecule has 19 heavy (non-hydrogen) atoms. The van der Waals surface area contributed by atoms with Gasteiger partial charge in [0.1, 0.15) is 5.69 Å². The Balaban J connectivity index is 2.56. The van der Waals surface area contributed by atoms with E-state index in [4.69, 9.17) is 5.73 Å². The van der Waals surface area contributed by atoms with Crippen LogP contribution in [0.1, 0.15) is 13.8 Å². The predicted molar refractivity (Wildman–Crippen MR) is 77.3 cm³/mol. The molecule has 1 amide bonds. The molecule has 1 rings (SSSR count). The maximum Gasteiger partial charge on any atom is 0.292 e. The zero-order valence-electron chi connectivity index (χ0n) is 10.9. The van der Waals surface area contributed by atoms with Crippen LogP contribution in [0.5, 0.6) is 0 Å². The third kappa shape index (κ3) is 5.71. The number of nitrogens with zero attached hydrogens (tertiary/aromatic N) is 1. The van der Waals surface area contributed by atoms with Gasteiger partial charge in [-0.25, -0.2) is 0 Å². The van der Waals surface area contributed by atoms with Gasteiger partial charge in [0.05, 0.1) is 10.7 Å². The van der Waals surface area contributed by atoms with Crippen LogP contribution in [0.3, 0.4) is 0 Å². The number of thioether (sulfide) groups is 1. The zero-order valence-corrected chi connectivity index (χ0v) is 11.7. The van der Waals surface area contributed by atoms with E-state index >= 15 is 0 Å². The lowest BCUT2D eigenvalue weighted by molar-refractivity contribution is -0.383. The van der Waals surface area contributed by atoms with Crippen molar-refractivity contribution in [3.63, 3.8) is 0 Å². The van der Waals surface area contributed by atoms with E-state index in [1.165, 1.54) is 23.9 Å². The Bertz CT molecular complexity index is 472. The molecule has 0 saturated heterocycles. The Hall–Kier alpha value is -1.60. The number of rotatable bonds is 6. The summed E-state index contributed by atoms with van der Waals surface area (Å²) >= 11 is 1.39. The van der Waals surface area contributed by atoms with Crippen LogP contribution in [0.15, 0.2) is 24.3 Å². The summed E-state index contributed by atoms with van der Waals surface area (Å²) in [5, 5.41) is 13.3. The summed E-state index contributed by atoms with van der Waals surface area (Å²) in [4.78, 5) is 21.9. The summed E-state index contributed by atoms with van der Waals surface area (Å²) in [6.07, 6.45) is 0. The Labute approximate surface area is 115 Å². The molecular formula is C12H17N3O3S. The molecule has 0 heterocycles. The topological polar surface area (TPSA) is 98.3 Å². The lowest BCUT2D eigenvalue weighted by atomic mass is 10.1. The summed E-state index contributed by atoms with van der Waals surface area (Å²) in [6, 6.07) is 6.05. The molecule has 0 aliphatic carbocycles. The molecular weight excluding hydrogens is 266 g/mol. The maximum absolute atomic E-state index is 11.7. The molecule has 0 saturated carbocycles. The van der Waals surface area contributed by atoms with E-state index in [1.807, 2.05) is 13.8 Å². The average Bonchev–Trinajstić information content (AvgIpc) is 2.27. The number of hydrogen-bond donors (Lipinski definition) is 2. The van der Waals surface area contributed by atoms with Crippen LogP contribution in [-0.4, -0.2) is 27.9 Å². The molecule has 1 aromatic rings. The van der Waals surface area contributed by atoms with Crippen LogP contribution < -0.4 is 11.1 Å². The van der Waals surface area contributed by atoms with Crippen LogP contribution in [0.4, 0.5) is 11.4 Å². The van der Waals surface area contributed by atoms with Gasteiger partial charge in [-0.3, -0.25) is 14.9 Å². The second-order valence-electron chi connectivity index (χ2n) is 4.80. The van der Waals surface area contributed by atoms with Gasteiger partial charge in [-0.2, -0.15) is 11.8 Å². The number of nitrogens with one attached hydrogen (secondary N) is 1. The van der Waals surface area contributed by atoms with E-state index in [0.29, 0.717) is 5.75 Å². The highest BCUT2D eigenvalue weighted by Crippen LogP contribution is 2.23. The van der Waals surface area contributed by atoms with Crippen molar-refractivity contribution in [3.05, 3.63) is 34.4 Å². The highest BCUT2D eigenvalue weighted by atomic mass is 32.2. The van der Waals surface area contributed by atoms with Gasteiger partial charge in [-0.1, -0.05) is 12.1 Å². The first-order valence-corrected chi connectivity index (χ1v) is 6.85. The van der Waals surface area contributed by atoms with Crippen molar-refractivity contribution in [3.8, 4) is 0 Å². The maximum atomic E-state index is 11.7. The number of nitro benzene ring substituents is 1. The number of amides is 1. The molecule has 104 valence electrons. The van der Waals surface area contributed by atoms with Gasteiger partial charge in [0.15, 0.2) is 0 Å². The smallest absolute Gasteiger partial charge is 0.292 e. The Kier molecular flexibility index (Phi) is 5.31. The van der Waals surface area contributed by atoms with Gasteiger partial charge in [0, 0.05) is 17.4 Å². The number of nitro groups is 1. The molecule has 0 aromatic heterocycles. The van der Waals surface area contributed by atoms with Crippen LogP contribution >= 0.6 is 11.8 Å². The number of benzene rings is 1.